The molecule has 2 heterocycles. The van der Waals surface area contributed by atoms with Gasteiger partial charge in [0.15, 0.2) is 0 Å². The lowest BCUT2D eigenvalue weighted by Crippen LogP contribution is -2.48. The van der Waals surface area contributed by atoms with Crippen LogP contribution in [0.15, 0.2) is 24.3 Å². The number of carbonyl (C=O) groups is 3. The Morgan fingerprint density at radius 1 is 1.31 bits per heavy atom. The van der Waals surface area contributed by atoms with Gasteiger partial charge in [0.2, 0.25) is 5.91 Å². The molecule has 0 spiro atoms. The van der Waals surface area contributed by atoms with Gasteiger partial charge in [-0.1, -0.05) is 6.07 Å². The first-order valence-corrected chi connectivity index (χ1v) is 8.96. The van der Waals surface area contributed by atoms with Gasteiger partial charge in [-0.3, -0.25) is 19.3 Å². The molecule has 7 heteroatoms. The van der Waals surface area contributed by atoms with E-state index in [9.17, 15) is 14.4 Å². The van der Waals surface area contributed by atoms with Crippen molar-refractivity contribution in [1.29, 1.82) is 0 Å². The summed E-state index contributed by atoms with van der Waals surface area (Å²) < 4.78 is 10.3. The molecular formula is C19H24N2O5. The van der Waals surface area contributed by atoms with Crippen molar-refractivity contribution in [3.63, 3.8) is 0 Å². The predicted octanol–water partition coefficient (Wildman–Crippen LogP) is 1.60. The fraction of sp³-hybridized carbons (Fsp3) is 0.526. The summed E-state index contributed by atoms with van der Waals surface area (Å²) in [6, 6.07) is 6.39. The van der Waals surface area contributed by atoms with Crippen LogP contribution in [0.1, 0.15) is 26.2 Å². The Morgan fingerprint density at radius 2 is 2.12 bits per heavy atom. The summed E-state index contributed by atoms with van der Waals surface area (Å²) in [6.45, 7) is 3.28. The molecule has 2 atom stereocenters. The normalized spacial score (nSPS) is 24.0. The summed E-state index contributed by atoms with van der Waals surface area (Å²) in [6.07, 6.45) is 1.69. The first-order chi connectivity index (χ1) is 12.5. The summed E-state index contributed by atoms with van der Waals surface area (Å²) in [5.41, 5.74) is 0.515. The predicted molar refractivity (Wildman–Crippen MR) is 94.8 cm³/mol. The van der Waals surface area contributed by atoms with E-state index >= 15 is 0 Å². The van der Waals surface area contributed by atoms with Gasteiger partial charge in [-0.05, 0) is 38.4 Å². The molecule has 0 unspecified atom stereocenters. The van der Waals surface area contributed by atoms with Crippen molar-refractivity contribution < 1.29 is 23.9 Å². The molecule has 0 aliphatic carbocycles. The van der Waals surface area contributed by atoms with Gasteiger partial charge in [-0.25, -0.2) is 4.90 Å². The molecule has 2 saturated heterocycles. The zero-order valence-corrected chi connectivity index (χ0v) is 15.1. The van der Waals surface area contributed by atoms with Crippen molar-refractivity contribution in [3.05, 3.63) is 24.3 Å². The highest BCUT2D eigenvalue weighted by Gasteiger charge is 2.44. The van der Waals surface area contributed by atoms with Crippen molar-refractivity contribution in [2.45, 2.75) is 32.2 Å². The van der Waals surface area contributed by atoms with E-state index in [0.29, 0.717) is 31.1 Å². The molecule has 0 N–H and O–H groups in total. The minimum Gasteiger partial charge on any atom is -0.497 e. The molecule has 0 aromatic heterocycles. The van der Waals surface area contributed by atoms with Crippen LogP contribution in [-0.2, 0) is 19.1 Å². The van der Waals surface area contributed by atoms with E-state index in [-0.39, 0.29) is 30.1 Å². The molecule has 3 rings (SSSR count). The van der Waals surface area contributed by atoms with E-state index in [1.54, 1.807) is 38.3 Å². The number of methoxy groups -OCH3 is 1. The minimum atomic E-state index is -0.522. The molecule has 0 radical (unpaired) electrons. The van der Waals surface area contributed by atoms with Crippen molar-refractivity contribution >= 4 is 23.5 Å². The molecule has 7 nitrogen and oxygen atoms in total. The van der Waals surface area contributed by atoms with E-state index in [1.807, 2.05) is 4.90 Å². The average Bonchev–Trinajstić information content (AvgIpc) is 2.96. The Morgan fingerprint density at radius 3 is 2.85 bits per heavy atom. The second kappa shape index (κ2) is 7.86. The van der Waals surface area contributed by atoms with Crippen LogP contribution in [-0.4, -0.2) is 55.5 Å². The van der Waals surface area contributed by atoms with Crippen LogP contribution in [0, 0.1) is 5.92 Å². The van der Waals surface area contributed by atoms with Crippen LogP contribution in [0.2, 0.25) is 0 Å². The topological polar surface area (TPSA) is 76.2 Å². The number of hydrogen-bond acceptors (Lipinski definition) is 6. The zero-order chi connectivity index (χ0) is 18.7. The minimum absolute atomic E-state index is 0.131. The molecule has 2 amide bonds. The summed E-state index contributed by atoms with van der Waals surface area (Å²) in [7, 11) is 1.54. The van der Waals surface area contributed by atoms with Crippen LogP contribution < -0.4 is 9.64 Å². The molecule has 2 aliphatic heterocycles. The van der Waals surface area contributed by atoms with Gasteiger partial charge in [0.1, 0.15) is 5.75 Å². The maximum absolute atomic E-state index is 12.9. The maximum Gasteiger partial charge on any atom is 0.310 e. The number of imide groups is 1. The molecule has 0 saturated carbocycles. The third-order valence-electron chi connectivity index (χ3n) is 4.95. The zero-order valence-electron chi connectivity index (χ0n) is 15.1. The second-order valence-corrected chi connectivity index (χ2v) is 6.57. The molecule has 26 heavy (non-hydrogen) atoms. The monoisotopic (exact) mass is 360 g/mol. The number of rotatable bonds is 5. The van der Waals surface area contributed by atoms with E-state index < -0.39 is 6.04 Å². The van der Waals surface area contributed by atoms with E-state index in [2.05, 4.69) is 0 Å². The summed E-state index contributed by atoms with van der Waals surface area (Å²) in [5.74, 6) is -0.345. The van der Waals surface area contributed by atoms with Crippen LogP contribution in [0.3, 0.4) is 0 Å². The van der Waals surface area contributed by atoms with Gasteiger partial charge in [0, 0.05) is 12.6 Å². The number of nitrogens with zero attached hydrogens (tertiary/aromatic N) is 2. The van der Waals surface area contributed by atoms with Crippen LogP contribution >= 0.6 is 0 Å². The standard InChI is InChI=1S/C19H24N2O5/c1-3-26-19(24)13-6-5-9-20(12-13)16-11-17(22)21(18(16)23)14-7-4-8-15(10-14)25-2/h4,7-8,10,13,16H,3,5-6,9,11-12H2,1-2H3/t13-,16-/m0/s1. The van der Waals surface area contributed by atoms with Gasteiger partial charge in [0.05, 0.1) is 37.8 Å². The Balaban J connectivity index is 1.74. The van der Waals surface area contributed by atoms with Gasteiger partial charge in [0.25, 0.3) is 5.91 Å². The lowest BCUT2D eigenvalue weighted by Gasteiger charge is -2.34. The lowest BCUT2D eigenvalue weighted by atomic mass is 9.96. The lowest BCUT2D eigenvalue weighted by molar-refractivity contribution is -0.150. The molecule has 1 aromatic carbocycles. The fourth-order valence-electron chi connectivity index (χ4n) is 3.66. The molecule has 2 aliphatic rings. The number of anilines is 1. The smallest absolute Gasteiger partial charge is 0.310 e. The molecular weight excluding hydrogens is 336 g/mol. The summed E-state index contributed by atoms with van der Waals surface area (Å²) in [4.78, 5) is 40.6. The third kappa shape index (κ3) is 3.58. The molecule has 1 aromatic rings. The Hall–Kier alpha value is -2.41. The van der Waals surface area contributed by atoms with Crippen LogP contribution in [0.25, 0.3) is 0 Å². The highest BCUT2D eigenvalue weighted by molar-refractivity contribution is 6.22. The van der Waals surface area contributed by atoms with Gasteiger partial charge >= 0.3 is 5.97 Å². The third-order valence-corrected chi connectivity index (χ3v) is 4.95. The Kier molecular flexibility index (Phi) is 5.56. The van der Waals surface area contributed by atoms with Gasteiger partial charge < -0.3 is 9.47 Å². The largest absolute Gasteiger partial charge is 0.497 e. The quantitative estimate of drug-likeness (QED) is 0.586. The number of likely N-dealkylation sites (tertiary alicyclic amines) is 1. The number of carbonyl (C=O) groups excluding carboxylic acids is 3. The summed E-state index contributed by atoms with van der Waals surface area (Å²) in [5, 5.41) is 0. The number of hydrogen-bond donors (Lipinski definition) is 0. The molecule has 0 bridgehead atoms. The first kappa shape index (κ1) is 18.4. The number of ether oxygens (including phenoxy) is 2. The molecule has 140 valence electrons. The first-order valence-electron chi connectivity index (χ1n) is 8.96. The van der Waals surface area contributed by atoms with Crippen LogP contribution in [0.5, 0.6) is 5.75 Å². The number of piperidine rings is 1. The SMILES string of the molecule is CCOC(=O)[C@H]1CCCN([C@H]2CC(=O)N(c3cccc(OC)c3)C2=O)C1. The van der Waals surface area contributed by atoms with Crippen molar-refractivity contribution in [2.75, 3.05) is 31.7 Å². The fourth-order valence-corrected chi connectivity index (χ4v) is 3.66. The average molecular weight is 360 g/mol. The maximum atomic E-state index is 12.9. The molecule has 2 fully saturated rings. The highest BCUT2D eigenvalue weighted by Crippen LogP contribution is 2.30. The Labute approximate surface area is 152 Å². The number of benzene rings is 1. The number of esters is 1. The van der Waals surface area contributed by atoms with E-state index in [0.717, 1.165) is 12.8 Å². The number of amides is 2. The highest BCUT2D eigenvalue weighted by atomic mass is 16.5. The van der Waals surface area contributed by atoms with Crippen molar-refractivity contribution in [2.24, 2.45) is 5.92 Å². The van der Waals surface area contributed by atoms with Crippen LogP contribution in [0.4, 0.5) is 5.69 Å². The van der Waals surface area contributed by atoms with Gasteiger partial charge in [-0.15, -0.1) is 0 Å². The summed E-state index contributed by atoms with van der Waals surface area (Å²) >= 11 is 0. The van der Waals surface area contributed by atoms with Gasteiger partial charge in [-0.2, -0.15) is 0 Å². The van der Waals surface area contributed by atoms with Crippen molar-refractivity contribution in [3.8, 4) is 5.75 Å². The Bertz CT molecular complexity index is 705. The van der Waals surface area contributed by atoms with E-state index in [4.69, 9.17) is 9.47 Å². The van der Waals surface area contributed by atoms with Crippen molar-refractivity contribution in [1.82, 2.24) is 4.90 Å². The van der Waals surface area contributed by atoms with E-state index in [1.165, 1.54) is 4.90 Å². The second-order valence-electron chi connectivity index (χ2n) is 6.57.